The maximum absolute atomic E-state index is 13.8. The van der Waals surface area contributed by atoms with Crippen LogP contribution in [0.2, 0.25) is 16.6 Å². The first kappa shape index (κ1) is 30.4. The highest BCUT2D eigenvalue weighted by molar-refractivity contribution is 6.95. The minimum atomic E-state index is -2.09. The number of carbonyl (C=O) groups excluding carboxylic acids is 1. The van der Waals surface area contributed by atoms with Gasteiger partial charge < -0.3 is 9.47 Å². The SMILES string of the molecule is CC(C)Oc1cc[n+](C(=O)O[C@H]2CCCC[C@@H]2C(C)(C)c2ccccc2)cc1[Si](C(C)C)(C(C)C)C(C)C. The molecule has 0 radical (unpaired) electrons. The summed E-state index contributed by atoms with van der Waals surface area (Å²) >= 11 is 0. The number of benzene rings is 1. The molecule has 5 heteroatoms. The molecule has 0 amide bonds. The summed E-state index contributed by atoms with van der Waals surface area (Å²) in [7, 11) is -2.09. The molecule has 0 aliphatic heterocycles. The first-order chi connectivity index (χ1) is 17.8. The highest BCUT2D eigenvalue weighted by Gasteiger charge is 2.49. The third-order valence-electron chi connectivity index (χ3n) is 9.23. The minimum Gasteiger partial charge on any atom is -0.491 e. The zero-order valence-corrected chi connectivity index (χ0v) is 26.6. The number of pyridine rings is 1. The summed E-state index contributed by atoms with van der Waals surface area (Å²) in [5.41, 5.74) is 2.72. The quantitative estimate of drug-likeness (QED) is 0.239. The van der Waals surface area contributed by atoms with E-state index in [1.54, 1.807) is 4.57 Å². The molecule has 4 nitrogen and oxygen atoms in total. The first-order valence-corrected chi connectivity index (χ1v) is 17.1. The molecule has 1 fully saturated rings. The summed E-state index contributed by atoms with van der Waals surface area (Å²) < 4.78 is 14.4. The Morgan fingerprint density at radius 2 is 1.47 bits per heavy atom. The molecule has 0 bridgehead atoms. The van der Waals surface area contributed by atoms with E-state index in [0.29, 0.717) is 16.6 Å². The second-order valence-corrected chi connectivity index (χ2v) is 19.0. The predicted molar refractivity (Wildman–Crippen MR) is 160 cm³/mol. The largest absolute Gasteiger partial charge is 0.602 e. The molecule has 1 saturated carbocycles. The molecule has 2 atom stereocenters. The van der Waals surface area contributed by atoms with Crippen molar-refractivity contribution in [3.8, 4) is 5.75 Å². The van der Waals surface area contributed by atoms with Crippen LogP contribution in [0.3, 0.4) is 0 Å². The van der Waals surface area contributed by atoms with Crippen LogP contribution in [0.4, 0.5) is 4.79 Å². The zero-order chi connectivity index (χ0) is 28.3. The van der Waals surface area contributed by atoms with Gasteiger partial charge in [-0.3, -0.25) is 0 Å². The number of carbonyl (C=O) groups is 1. The summed E-state index contributed by atoms with van der Waals surface area (Å²) in [6.07, 6.45) is 7.85. The summed E-state index contributed by atoms with van der Waals surface area (Å²) in [6, 6.07) is 12.7. The Morgan fingerprint density at radius 1 is 0.895 bits per heavy atom. The van der Waals surface area contributed by atoms with Crippen molar-refractivity contribution in [1.29, 1.82) is 0 Å². The molecule has 1 aromatic carbocycles. The van der Waals surface area contributed by atoms with E-state index in [9.17, 15) is 4.79 Å². The molecule has 0 spiro atoms. The first-order valence-electron chi connectivity index (χ1n) is 14.8. The lowest BCUT2D eigenvalue weighted by Crippen LogP contribution is -2.60. The minimum absolute atomic E-state index is 0.0675. The lowest BCUT2D eigenvalue weighted by atomic mass is 9.66. The number of ether oxygens (including phenoxy) is 2. The van der Waals surface area contributed by atoms with Gasteiger partial charge in [0.1, 0.15) is 19.9 Å². The summed E-state index contributed by atoms with van der Waals surface area (Å²) in [5, 5.41) is 1.23. The van der Waals surface area contributed by atoms with Crippen molar-refractivity contribution in [2.75, 3.05) is 0 Å². The molecule has 0 saturated heterocycles. The van der Waals surface area contributed by atoms with Crippen molar-refractivity contribution in [2.24, 2.45) is 5.92 Å². The van der Waals surface area contributed by atoms with E-state index in [4.69, 9.17) is 9.47 Å². The zero-order valence-electron chi connectivity index (χ0n) is 25.6. The van der Waals surface area contributed by atoms with E-state index < -0.39 is 8.07 Å². The Labute approximate surface area is 233 Å². The Hall–Kier alpha value is -2.14. The second-order valence-electron chi connectivity index (χ2n) is 13.1. The van der Waals surface area contributed by atoms with Crippen molar-refractivity contribution < 1.29 is 18.8 Å². The van der Waals surface area contributed by atoms with Crippen LogP contribution in [0, 0.1) is 5.92 Å². The van der Waals surface area contributed by atoms with Gasteiger partial charge in [-0.05, 0) is 60.7 Å². The number of aromatic nitrogens is 1. The van der Waals surface area contributed by atoms with E-state index in [-0.39, 0.29) is 29.6 Å². The molecule has 0 unspecified atom stereocenters. The Morgan fingerprint density at radius 3 is 2.03 bits per heavy atom. The molecule has 1 aliphatic carbocycles. The maximum Gasteiger partial charge on any atom is 0.602 e. The third kappa shape index (κ3) is 6.03. The molecular formula is C33H52NO3Si+. The molecule has 210 valence electrons. The molecule has 0 N–H and O–H groups in total. The second kappa shape index (κ2) is 12.4. The third-order valence-corrected chi connectivity index (χ3v) is 16.3. The summed E-state index contributed by atoms with van der Waals surface area (Å²) in [5.74, 6) is 1.20. The van der Waals surface area contributed by atoms with Gasteiger partial charge >= 0.3 is 6.09 Å². The van der Waals surface area contributed by atoms with Gasteiger partial charge in [0.15, 0.2) is 12.4 Å². The number of hydrogen-bond donors (Lipinski definition) is 0. The van der Waals surface area contributed by atoms with Gasteiger partial charge in [0, 0.05) is 17.2 Å². The van der Waals surface area contributed by atoms with E-state index in [1.165, 1.54) is 17.2 Å². The fourth-order valence-electron chi connectivity index (χ4n) is 7.55. The fourth-order valence-corrected chi connectivity index (χ4v) is 14.3. The van der Waals surface area contributed by atoms with E-state index in [0.717, 1.165) is 25.0 Å². The molecule has 2 aromatic rings. The summed E-state index contributed by atoms with van der Waals surface area (Å²) in [4.78, 5) is 13.8. The highest BCUT2D eigenvalue weighted by Crippen LogP contribution is 2.43. The lowest BCUT2D eigenvalue weighted by Gasteiger charge is -2.43. The average molecular weight is 539 g/mol. The van der Waals surface area contributed by atoms with Gasteiger partial charge in [0.2, 0.25) is 0 Å². The van der Waals surface area contributed by atoms with Gasteiger partial charge in [0.25, 0.3) is 0 Å². The van der Waals surface area contributed by atoms with E-state index in [1.807, 2.05) is 12.3 Å². The fraction of sp³-hybridized carbons (Fsp3) is 0.636. The van der Waals surface area contributed by atoms with Crippen LogP contribution in [-0.4, -0.2) is 26.4 Å². The van der Waals surface area contributed by atoms with Gasteiger partial charge in [-0.2, -0.15) is 4.79 Å². The van der Waals surface area contributed by atoms with Gasteiger partial charge in [-0.15, -0.1) is 0 Å². The van der Waals surface area contributed by atoms with Crippen molar-refractivity contribution in [3.63, 3.8) is 0 Å². The number of nitrogens with zero attached hydrogens (tertiary/aromatic N) is 1. The highest BCUT2D eigenvalue weighted by atomic mass is 28.3. The smallest absolute Gasteiger partial charge is 0.491 e. The molecule has 1 aliphatic rings. The molecule has 3 rings (SSSR count). The molecule has 38 heavy (non-hydrogen) atoms. The van der Waals surface area contributed by atoms with Crippen molar-refractivity contribution in [3.05, 3.63) is 54.4 Å². The summed E-state index contributed by atoms with van der Waals surface area (Å²) in [6.45, 7) is 22.8. The lowest BCUT2D eigenvalue weighted by molar-refractivity contribution is -0.587. The number of hydrogen-bond acceptors (Lipinski definition) is 3. The molecule has 1 heterocycles. The Balaban J connectivity index is 2.00. The molecular weight excluding hydrogens is 486 g/mol. The normalized spacial score (nSPS) is 18.9. The standard InChI is InChI=1S/C33H52NO3Si/c1-23(2)36-30-20-21-34(22-31(30)38(24(3)4,25(5)6)26(7)8)32(35)37-29-19-15-14-18-28(29)33(9,10)27-16-12-11-13-17-27/h11-13,16-17,20-26,28-29H,14-15,18-19H2,1-10H3/q+1/t28-,29-/m0/s1. The molecule has 1 aromatic heterocycles. The van der Waals surface area contributed by atoms with Crippen LogP contribution in [-0.2, 0) is 10.2 Å². The monoisotopic (exact) mass is 538 g/mol. The van der Waals surface area contributed by atoms with Crippen molar-refractivity contribution in [1.82, 2.24) is 0 Å². The Bertz CT molecular complexity index is 1040. The van der Waals surface area contributed by atoms with Gasteiger partial charge in [-0.1, -0.05) is 96.7 Å². The van der Waals surface area contributed by atoms with Crippen LogP contribution in [0.25, 0.3) is 0 Å². The average Bonchev–Trinajstić information content (AvgIpc) is 2.85. The van der Waals surface area contributed by atoms with Crippen molar-refractivity contribution >= 4 is 19.4 Å². The topological polar surface area (TPSA) is 39.4 Å². The Kier molecular flexibility index (Phi) is 9.89. The number of rotatable bonds is 9. The van der Waals surface area contributed by atoms with Crippen LogP contribution in [0.15, 0.2) is 48.8 Å². The predicted octanol–water partition coefficient (Wildman–Crippen LogP) is 8.17. The van der Waals surface area contributed by atoms with Crippen molar-refractivity contribution in [2.45, 2.75) is 129 Å². The van der Waals surface area contributed by atoms with Crippen LogP contribution >= 0.6 is 0 Å². The van der Waals surface area contributed by atoms with E-state index >= 15 is 0 Å². The van der Waals surface area contributed by atoms with Gasteiger partial charge in [0.05, 0.1) is 6.10 Å². The van der Waals surface area contributed by atoms with Crippen LogP contribution in [0.5, 0.6) is 5.75 Å². The van der Waals surface area contributed by atoms with Gasteiger partial charge in [-0.25, -0.2) is 0 Å². The van der Waals surface area contributed by atoms with E-state index in [2.05, 4.69) is 106 Å². The van der Waals surface area contributed by atoms with Crippen LogP contribution in [0.1, 0.15) is 100 Å². The maximum atomic E-state index is 13.8. The van der Waals surface area contributed by atoms with Crippen LogP contribution < -0.4 is 14.5 Å².